The molecule has 2 aliphatic heterocycles. The molecule has 4 aromatic carbocycles. The standard InChI is InChI=1S/C45H51N9O5/c1-49(2)39(31-11-7-5-8-12-31)42(55)51-25-23-36(28-51)53(44(46)57)34-19-15-30(16-20-34)38-27-48-41(59-38)33-17-21-35(22-18-33)54(45(47)58)37-24-26-52(29-37)43(56)40(50(3)4)32-13-9-6-10-14-32/h5-22,27,36-37,39-40H,23-26,28-29H2,1-4H3,(H2,46,57)(H2,47,58)/t36-,37-,39-,40-/m1/s1. The quantitative estimate of drug-likeness (QED) is 0.165. The number of anilines is 2. The van der Waals surface area contributed by atoms with Crippen molar-refractivity contribution in [2.45, 2.75) is 37.0 Å². The van der Waals surface area contributed by atoms with Crippen molar-refractivity contribution in [1.29, 1.82) is 0 Å². The number of benzene rings is 4. The third kappa shape index (κ3) is 8.69. The van der Waals surface area contributed by atoms with E-state index < -0.39 is 24.1 Å². The van der Waals surface area contributed by atoms with Crippen LogP contribution in [0.2, 0.25) is 0 Å². The summed E-state index contributed by atoms with van der Waals surface area (Å²) < 4.78 is 6.17. The number of nitrogens with two attached hydrogens (primary N) is 2. The molecule has 59 heavy (non-hydrogen) atoms. The molecule has 4 N–H and O–H groups in total. The SMILES string of the molecule is CN(C)[C@@H](C(=O)N1CC[C@@H](N(C(N)=O)c2ccc(-c3cnc(-c4ccc(N(C(N)=O)[C@@H]5CCN(C(=O)[C@@H](c6ccccc6)N(C)C)C5)cc4)o3)cc2)C1)c1ccccc1. The number of primary amides is 2. The lowest BCUT2D eigenvalue weighted by atomic mass is 10.0. The topological polar surface area (TPSA) is 166 Å². The zero-order valence-electron chi connectivity index (χ0n) is 33.8. The molecule has 0 unspecified atom stereocenters. The molecular formula is C45H51N9O5. The van der Waals surface area contributed by atoms with E-state index in [1.807, 2.05) is 135 Å². The number of carbonyl (C=O) groups is 4. The highest BCUT2D eigenvalue weighted by Crippen LogP contribution is 2.33. The average Bonchev–Trinajstić information content (AvgIpc) is 4.02. The van der Waals surface area contributed by atoms with E-state index in [-0.39, 0.29) is 23.9 Å². The Morgan fingerprint density at radius 3 is 1.41 bits per heavy atom. The van der Waals surface area contributed by atoms with Crippen LogP contribution in [0.4, 0.5) is 21.0 Å². The smallest absolute Gasteiger partial charge is 0.319 e. The van der Waals surface area contributed by atoms with E-state index >= 15 is 0 Å². The summed E-state index contributed by atoms with van der Waals surface area (Å²) in [7, 11) is 7.54. The number of rotatable bonds is 12. The van der Waals surface area contributed by atoms with E-state index in [1.165, 1.54) is 0 Å². The normalized spacial score (nSPS) is 17.6. The van der Waals surface area contributed by atoms with Crippen LogP contribution in [0.15, 0.2) is 120 Å². The van der Waals surface area contributed by atoms with E-state index in [2.05, 4.69) is 4.98 Å². The Kier molecular flexibility index (Phi) is 12.1. The Morgan fingerprint density at radius 1 is 0.610 bits per heavy atom. The second-order valence-corrected chi connectivity index (χ2v) is 15.5. The van der Waals surface area contributed by atoms with Crippen molar-refractivity contribution in [2.75, 3.05) is 64.2 Å². The van der Waals surface area contributed by atoms with Gasteiger partial charge in [0.05, 0.1) is 18.3 Å². The summed E-state index contributed by atoms with van der Waals surface area (Å²) in [6, 6.07) is 31.3. The summed E-state index contributed by atoms with van der Waals surface area (Å²) in [6.45, 7) is 1.76. The largest absolute Gasteiger partial charge is 0.436 e. The van der Waals surface area contributed by atoms with Crippen molar-refractivity contribution < 1.29 is 23.6 Å². The molecule has 4 atom stereocenters. The van der Waals surface area contributed by atoms with Crippen molar-refractivity contribution >= 4 is 35.3 Å². The Hall–Kier alpha value is -6.51. The molecule has 2 aliphatic rings. The predicted octanol–water partition coefficient (Wildman–Crippen LogP) is 5.59. The van der Waals surface area contributed by atoms with Crippen LogP contribution in [0.25, 0.3) is 22.8 Å². The fourth-order valence-corrected chi connectivity index (χ4v) is 8.37. The fraction of sp³-hybridized carbons (Fsp3) is 0.311. The van der Waals surface area contributed by atoms with Gasteiger partial charge in [-0.25, -0.2) is 14.6 Å². The van der Waals surface area contributed by atoms with Gasteiger partial charge in [-0.15, -0.1) is 0 Å². The summed E-state index contributed by atoms with van der Waals surface area (Å²) in [6.07, 6.45) is 2.82. The predicted molar refractivity (Wildman–Crippen MR) is 227 cm³/mol. The van der Waals surface area contributed by atoms with Gasteiger partial charge in [-0.2, -0.15) is 0 Å². The maximum atomic E-state index is 13.7. The van der Waals surface area contributed by atoms with Crippen molar-refractivity contribution in [2.24, 2.45) is 11.5 Å². The third-order valence-corrected chi connectivity index (χ3v) is 11.2. The van der Waals surface area contributed by atoms with Crippen molar-refractivity contribution in [3.63, 3.8) is 0 Å². The van der Waals surface area contributed by atoms with E-state index in [1.54, 1.807) is 37.9 Å². The minimum absolute atomic E-state index is 0.0177. The fourth-order valence-electron chi connectivity index (χ4n) is 8.37. The van der Waals surface area contributed by atoms with Gasteiger partial charge in [-0.05, 0) is 101 Å². The van der Waals surface area contributed by atoms with Gasteiger partial charge in [0.1, 0.15) is 12.1 Å². The lowest BCUT2D eigenvalue weighted by Gasteiger charge is -2.30. The molecule has 0 saturated carbocycles. The van der Waals surface area contributed by atoms with Crippen LogP contribution in [0.1, 0.15) is 36.1 Å². The number of aromatic nitrogens is 1. The van der Waals surface area contributed by atoms with Crippen LogP contribution < -0.4 is 21.3 Å². The minimum atomic E-state index is -0.596. The van der Waals surface area contributed by atoms with Crippen LogP contribution in [0, 0.1) is 0 Å². The van der Waals surface area contributed by atoms with Gasteiger partial charge >= 0.3 is 12.1 Å². The van der Waals surface area contributed by atoms with Crippen LogP contribution in [0.5, 0.6) is 0 Å². The van der Waals surface area contributed by atoms with Gasteiger partial charge in [0.15, 0.2) is 5.76 Å². The van der Waals surface area contributed by atoms with Gasteiger partial charge in [0, 0.05) is 48.7 Å². The van der Waals surface area contributed by atoms with Gasteiger partial charge in [-0.3, -0.25) is 29.2 Å². The molecule has 7 rings (SSSR count). The number of likely N-dealkylation sites (N-methyl/N-ethyl adjacent to an activating group) is 2. The van der Waals surface area contributed by atoms with E-state index in [9.17, 15) is 19.2 Å². The molecule has 14 nitrogen and oxygen atoms in total. The molecule has 306 valence electrons. The molecule has 0 spiro atoms. The molecule has 5 aromatic rings. The first-order valence-corrected chi connectivity index (χ1v) is 19.8. The first kappa shape index (κ1) is 40.7. The third-order valence-electron chi connectivity index (χ3n) is 11.2. The summed E-state index contributed by atoms with van der Waals surface area (Å²) in [5.41, 5.74) is 16.3. The number of carbonyl (C=O) groups excluding carboxylic acids is 4. The number of urea groups is 2. The highest BCUT2D eigenvalue weighted by Gasteiger charge is 2.38. The highest BCUT2D eigenvalue weighted by atomic mass is 16.4. The second-order valence-electron chi connectivity index (χ2n) is 15.5. The molecule has 0 radical (unpaired) electrons. The monoisotopic (exact) mass is 797 g/mol. The van der Waals surface area contributed by atoms with E-state index in [4.69, 9.17) is 15.9 Å². The number of hydrogen-bond acceptors (Lipinski definition) is 8. The number of amides is 6. The Bertz CT molecular complexity index is 2090. The molecule has 3 heterocycles. The highest BCUT2D eigenvalue weighted by molar-refractivity contribution is 5.93. The lowest BCUT2D eigenvalue weighted by molar-refractivity contribution is -0.136. The van der Waals surface area contributed by atoms with Gasteiger partial charge < -0.3 is 25.7 Å². The second kappa shape index (κ2) is 17.5. The van der Waals surface area contributed by atoms with Gasteiger partial charge in [0.25, 0.3) is 0 Å². The molecule has 1 aromatic heterocycles. The van der Waals surface area contributed by atoms with Crippen LogP contribution in [0.3, 0.4) is 0 Å². The summed E-state index contributed by atoms with van der Waals surface area (Å²) in [4.78, 5) is 68.1. The summed E-state index contributed by atoms with van der Waals surface area (Å²) in [5, 5.41) is 0. The zero-order chi connectivity index (χ0) is 41.8. The van der Waals surface area contributed by atoms with E-state index in [0.29, 0.717) is 67.6 Å². The number of oxazole rings is 1. The number of nitrogens with zero attached hydrogens (tertiary/aromatic N) is 7. The van der Waals surface area contributed by atoms with Crippen molar-refractivity contribution in [3.8, 4) is 22.8 Å². The number of hydrogen-bond donors (Lipinski definition) is 2. The van der Waals surface area contributed by atoms with Crippen molar-refractivity contribution in [1.82, 2.24) is 24.6 Å². The maximum Gasteiger partial charge on any atom is 0.319 e. The molecule has 0 bridgehead atoms. The minimum Gasteiger partial charge on any atom is -0.436 e. The first-order chi connectivity index (χ1) is 28.4. The maximum absolute atomic E-state index is 13.7. The summed E-state index contributed by atoms with van der Waals surface area (Å²) in [5.74, 6) is 0.872. The molecule has 0 aliphatic carbocycles. The van der Waals surface area contributed by atoms with Gasteiger partial charge in [0.2, 0.25) is 17.7 Å². The lowest BCUT2D eigenvalue weighted by Crippen LogP contribution is -2.46. The summed E-state index contributed by atoms with van der Waals surface area (Å²) >= 11 is 0. The Balaban J connectivity index is 1.00. The van der Waals surface area contributed by atoms with Crippen LogP contribution in [-0.4, -0.2) is 115 Å². The van der Waals surface area contributed by atoms with Crippen LogP contribution in [-0.2, 0) is 9.59 Å². The molecular weight excluding hydrogens is 747 g/mol. The van der Waals surface area contributed by atoms with Crippen molar-refractivity contribution in [3.05, 3.63) is 127 Å². The van der Waals surface area contributed by atoms with Gasteiger partial charge in [-0.1, -0.05) is 60.7 Å². The Labute approximate surface area is 344 Å². The first-order valence-electron chi connectivity index (χ1n) is 19.8. The molecule has 14 heteroatoms. The van der Waals surface area contributed by atoms with E-state index in [0.717, 1.165) is 16.7 Å². The Morgan fingerprint density at radius 2 is 1.02 bits per heavy atom. The molecule has 6 amide bonds. The molecule has 2 saturated heterocycles. The molecule has 2 fully saturated rings. The van der Waals surface area contributed by atoms with Crippen LogP contribution >= 0.6 is 0 Å². The average molecular weight is 798 g/mol. The zero-order valence-corrected chi connectivity index (χ0v) is 33.8. The number of likely N-dealkylation sites (tertiary alicyclic amines) is 2.